The first kappa shape index (κ1) is 16.9. The van der Waals surface area contributed by atoms with E-state index in [1.807, 2.05) is 35.1 Å². The van der Waals surface area contributed by atoms with Gasteiger partial charge in [0.2, 0.25) is 0 Å². The lowest BCUT2D eigenvalue weighted by molar-refractivity contribution is -0.0366. The fraction of sp³-hybridized carbons (Fsp3) is 0.316. The van der Waals surface area contributed by atoms with E-state index < -0.39 is 0 Å². The zero-order valence-electron chi connectivity index (χ0n) is 13.7. The molecule has 4 nitrogen and oxygen atoms in total. The van der Waals surface area contributed by atoms with E-state index in [9.17, 15) is 0 Å². The van der Waals surface area contributed by atoms with Gasteiger partial charge in [-0.3, -0.25) is 0 Å². The topological polar surface area (TPSA) is 39.1 Å². The maximum Gasteiger partial charge on any atom is 0.150 e. The third-order valence-electron chi connectivity index (χ3n) is 4.54. The average molecular weight is 421 g/mol. The number of aromatic nitrogens is 2. The first-order valence-electron chi connectivity index (χ1n) is 8.48. The zero-order valence-corrected chi connectivity index (χ0v) is 16.1. The van der Waals surface area contributed by atoms with Gasteiger partial charge in [-0.25, -0.2) is 4.68 Å². The van der Waals surface area contributed by atoms with Crippen LogP contribution in [0.1, 0.15) is 31.1 Å². The Labute approximate surface area is 160 Å². The van der Waals surface area contributed by atoms with Gasteiger partial charge in [0, 0.05) is 33.7 Å². The molecule has 0 bridgehead atoms. The molecule has 1 fully saturated rings. The minimum Gasteiger partial charge on any atom is -0.380 e. The Hall–Kier alpha value is -1.56. The smallest absolute Gasteiger partial charge is 0.150 e. The Bertz CT molecular complexity index is 890. The van der Waals surface area contributed by atoms with Crippen molar-refractivity contribution in [2.45, 2.75) is 32.0 Å². The number of nitrogens with zero attached hydrogens (tertiary/aromatic N) is 2. The quantitative estimate of drug-likeness (QED) is 0.583. The number of ether oxygens (including phenoxy) is 1. The number of hydrogen-bond donors (Lipinski definition) is 1. The van der Waals surface area contributed by atoms with Crippen LogP contribution in [0.15, 0.2) is 47.1 Å². The number of benzene rings is 2. The van der Waals surface area contributed by atoms with Crippen LogP contribution in [0, 0.1) is 0 Å². The lowest BCUT2D eigenvalue weighted by Crippen LogP contribution is -2.18. The number of halogens is 2. The van der Waals surface area contributed by atoms with Crippen molar-refractivity contribution in [1.29, 1.82) is 0 Å². The normalized spacial score (nSPS) is 17.8. The van der Waals surface area contributed by atoms with E-state index in [1.165, 1.54) is 6.42 Å². The first-order chi connectivity index (χ1) is 12.2. The highest BCUT2D eigenvalue weighted by atomic mass is 79.9. The summed E-state index contributed by atoms with van der Waals surface area (Å²) < 4.78 is 8.88. The summed E-state index contributed by atoms with van der Waals surface area (Å²) in [4.78, 5) is 0. The summed E-state index contributed by atoms with van der Waals surface area (Å²) in [5.41, 5.74) is 3.18. The lowest BCUT2D eigenvalue weighted by atomic mass is 10.1. The minimum absolute atomic E-state index is 0.0417. The number of rotatable bonds is 4. The SMILES string of the molecule is Clc1ccccc1CNc1cc2cnn(C3CCCCO3)c2cc1Br. The molecule has 1 N–H and O–H groups in total. The van der Waals surface area contributed by atoms with Crippen LogP contribution >= 0.6 is 27.5 Å². The molecule has 0 amide bonds. The van der Waals surface area contributed by atoms with Gasteiger partial charge < -0.3 is 10.1 Å². The van der Waals surface area contributed by atoms with Crippen molar-refractivity contribution in [2.75, 3.05) is 11.9 Å². The minimum atomic E-state index is 0.0417. The van der Waals surface area contributed by atoms with E-state index in [0.29, 0.717) is 6.54 Å². The van der Waals surface area contributed by atoms with Crippen molar-refractivity contribution in [3.05, 3.63) is 57.7 Å². The van der Waals surface area contributed by atoms with E-state index in [2.05, 4.69) is 38.5 Å². The number of fused-ring (bicyclic) bond motifs is 1. The van der Waals surface area contributed by atoms with Gasteiger partial charge in [0.15, 0.2) is 6.23 Å². The molecule has 2 aromatic carbocycles. The van der Waals surface area contributed by atoms with Crippen LogP contribution in [0.25, 0.3) is 10.9 Å². The van der Waals surface area contributed by atoms with Crippen LogP contribution < -0.4 is 5.32 Å². The second kappa shape index (κ2) is 7.36. The highest BCUT2D eigenvalue weighted by molar-refractivity contribution is 9.10. The molecule has 0 spiro atoms. The molecule has 1 aromatic heterocycles. The molecule has 1 aliphatic rings. The summed E-state index contributed by atoms with van der Waals surface area (Å²) in [5, 5.41) is 9.88. The monoisotopic (exact) mass is 419 g/mol. The fourth-order valence-corrected chi connectivity index (χ4v) is 3.86. The summed E-state index contributed by atoms with van der Waals surface area (Å²) in [7, 11) is 0. The predicted molar refractivity (Wildman–Crippen MR) is 105 cm³/mol. The van der Waals surface area contributed by atoms with Gasteiger partial charge in [-0.05, 0) is 59.0 Å². The Morgan fingerprint density at radius 1 is 1.28 bits per heavy atom. The largest absolute Gasteiger partial charge is 0.380 e. The molecule has 1 saturated heterocycles. The fourth-order valence-electron chi connectivity index (χ4n) is 3.18. The summed E-state index contributed by atoms with van der Waals surface area (Å²) in [6, 6.07) is 12.1. The highest BCUT2D eigenvalue weighted by Gasteiger charge is 2.19. The van der Waals surface area contributed by atoms with Crippen molar-refractivity contribution in [2.24, 2.45) is 0 Å². The van der Waals surface area contributed by atoms with Gasteiger partial charge in [-0.15, -0.1) is 0 Å². The van der Waals surface area contributed by atoms with Crippen LogP contribution in [0.5, 0.6) is 0 Å². The van der Waals surface area contributed by atoms with E-state index >= 15 is 0 Å². The van der Waals surface area contributed by atoms with E-state index in [-0.39, 0.29) is 6.23 Å². The second-order valence-electron chi connectivity index (χ2n) is 6.25. The highest BCUT2D eigenvalue weighted by Crippen LogP contribution is 2.32. The van der Waals surface area contributed by atoms with Crippen LogP contribution in [0.4, 0.5) is 5.69 Å². The van der Waals surface area contributed by atoms with Crippen LogP contribution in [0.2, 0.25) is 5.02 Å². The van der Waals surface area contributed by atoms with Gasteiger partial charge in [0.25, 0.3) is 0 Å². The summed E-state index contributed by atoms with van der Waals surface area (Å²) >= 11 is 9.91. The van der Waals surface area contributed by atoms with Crippen molar-refractivity contribution < 1.29 is 4.74 Å². The standard InChI is InChI=1S/C19H19BrClN3O/c20-15-10-18-14(12-23-24(18)19-7-3-4-8-25-19)9-17(15)22-11-13-5-1-2-6-16(13)21/h1-2,5-6,9-10,12,19,22H,3-4,7-8,11H2. The molecule has 3 aromatic rings. The maximum atomic E-state index is 6.24. The molecule has 0 aliphatic carbocycles. The summed E-state index contributed by atoms with van der Waals surface area (Å²) in [5.74, 6) is 0. The number of anilines is 1. The van der Waals surface area contributed by atoms with Crippen molar-refractivity contribution in [1.82, 2.24) is 9.78 Å². The molecule has 6 heteroatoms. The molecule has 25 heavy (non-hydrogen) atoms. The third-order valence-corrected chi connectivity index (χ3v) is 5.56. The Morgan fingerprint density at radius 2 is 2.16 bits per heavy atom. The average Bonchev–Trinajstić information content (AvgIpc) is 3.04. The van der Waals surface area contributed by atoms with Gasteiger partial charge in [0.05, 0.1) is 11.7 Å². The third kappa shape index (κ3) is 3.54. The first-order valence-corrected chi connectivity index (χ1v) is 9.65. The molecule has 2 heterocycles. The molecule has 1 atom stereocenters. The number of hydrogen-bond acceptors (Lipinski definition) is 3. The molecule has 1 unspecified atom stereocenters. The molecule has 1 aliphatic heterocycles. The van der Waals surface area contributed by atoms with Gasteiger partial charge in [0.1, 0.15) is 0 Å². The predicted octanol–water partition coefficient (Wildman–Crippen LogP) is 5.76. The van der Waals surface area contributed by atoms with Crippen LogP contribution in [-0.2, 0) is 11.3 Å². The molecule has 4 rings (SSSR count). The zero-order chi connectivity index (χ0) is 17.2. The summed E-state index contributed by atoms with van der Waals surface area (Å²) in [6.07, 6.45) is 5.28. The molecule has 0 saturated carbocycles. The van der Waals surface area contributed by atoms with Gasteiger partial charge >= 0.3 is 0 Å². The van der Waals surface area contributed by atoms with Crippen molar-refractivity contribution >= 4 is 44.1 Å². The Kier molecular flexibility index (Phi) is 4.97. The van der Waals surface area contributed by atoms with Gasteiger partial charge in [-0.2, -0.15) is 5.10 Å². The van der Waals surface area contributed by atoms with E-state index in [0.717, 1.165) is 51.1 Å². The van der Waals surface area contributed by atoms with Gasteiger partial charge in [-0.1, -0.05) is 29.8 Å². The summed E-state index contributed by atoms with van der Waals surface area (Å²) in [6.45, 7) is 1.48. The molecule has 130 valence electrons. The molecule has 0 radical (unpaired) electrons. The Morgan fingerprint density at radius 3 is 2.96 bits per heavy atom. The molecular weight excluding hydrogens is 402 g/mol. The number of nitrogens with one attached hydrogen (secondary N) is 1. The van der Waals surface area contributed by atoms with Crippen LogP contribution in [0.3, 0.4) is 0 Å². The molecular formula is C19H19BrClN3O. The second-order valence-corrected chi connectivity index (χ2v) is 7.51. The Balaban J connectivity index is 1.59. The van der Waals surface area contributed by atoms with E-state index in [1.54, 1.807) is 0 Å². The maximum absolute atomic E-state index is 6.24. The van der Waals surface area contributed by atoms with Crippen molar-refractivity contribution in [3.63, 3.8) is 0 Å². The van der Waals surface area contributed by atoms with Crippen LogP contribution in [-0.4, -0.2) is 16.4 Å². The van der Waals surface area contributed by atoms with E-state index in [4.69, 9.17) is 16.3 Å². The lowest BCUT2D eigenvalue weighted by Gasteiger charge is -2.23. The van der Waals surface area contributed by atoms with Crippen molar-refractivity contribution in [3.8, 4) is 0 Å².